The van der Waals surface area contributed by atoms with Crippen LogP contribution in [0.4, 0.5) is 19.1 Å². The number of benzene rings is 1. The molecular formula is C28H33ClF3N7O2S. The Kier molecular flexibility index (Phi) is 7.96. The van der Waals surface area contributed by atoms with Crippen LogP contribution in [-0.2, 0) is 22.7 Å². The average Bonchev–Trinajstić information content (AvgIpc) is 3.43. The highest BCUT2D eigenvalue weighted by atomic mass is 35.5. The largest absolute Gasteiger partial charge is 0.420 e. The van der Waals surface area contributed by atoms with Crippen molar-refractivity contribution in [3.05, 3.63) is 53.1 Å². The molecule has 14 heteroatoms. The molecule has 4 aliphatic rings. The summed E-state index contributed by atoms with van der Waals surface area (Å²) in [5.41, 5.74) is 0.398. The van der Waals surface area contributed by atoms with Gasteiger partial charge in [-0.15, -0.1) is 0 Å². The number of hydrogen-bond donors (Lipinski definition) is 1. The van der Waals surface area contributed by atoms with E-state index in [-0.39, 0.29) is 23.4 Å². The van der Waals surface area contributed by atoms with Gasteiger partial charge in [0.2, 0.25) is 16.0 Å². The second-order valence-corrected chi connectivity index (χ2v) is 14.0. The molecule has 9 nitrogen and oxygen atoms in total. The quantitative estimate of drug-likeness (QED) is 0.386. The maximum absolute atomic E-state index is 13.9. The lowest BCUT2D eigenvalue weighted by Gasteiger charge is -2.45. The third-order valence-corrected chi connectivity index (χ3v) is 10.3. The van der Waals surface area contributed by atoms with Gasteiger partial charge in [-0.25, -0.2) is 27.7 Å². The smallest absolute Gasteiger partial charge is 0.351 e. The molecule has 5 heterocycles. The first-order chi connectivity index (χ1) is 19.9. The molecular weight excluding hydrogens is 591 g/mol. The van der Waals surface area contributed by atoms with Gasteiger partial charge in [-0.1, -0.05) is 17.7 Å². The summed E-state index contributed by atoms with van der Waals surface area (Å²) in [6.45, 7) is 2.57. The number of anilines is 1. The molecule has 2 bridgehead atoms. The summed E-state index contributed by atoms with van der Waals surface area (Å²) in [7, 11) is -3.29. The number of nitrogens with zero attached hydrogens (tertiary/aromatic N) is 6. The Labute approximate surface area is 248 Å². The maximum atomic E-state index is 13.9. The van der Waals surface area contributed by atoms with E-state index in [1.54, 1.807) is 4.57 Å². The molecule has 4 fully saturated rings. The van der Waals surface area contributed by atoms with Gasteiger partial charge in [0.05, 0.1) is 17.0 Å². The van der Waals surface area contributed by atoms with Crippen molar-refractivity contribution in [1.29, 1.82) is 0 Å². The first-order valence-electron chi connectivity index (χ1n) is 14.2. The molecule has 3 saturated heterocycles. The maximum Gasteiger partial charge on any atom is 0.420 e. The Morgan fingerprint density at radius 3 is 2.43 bits per heavy atom. The first kappa shape index (κ1) is 29.3. The van der Waals surface area contributed by atoms with Gasteiger partial charge in [-0.05, 0) is 62.1 Å². The number of nitrogens with one attached hydrogen (secondary N) is 1. The number of halogens is 4. The topological polar surface area (TPSA) is 96.2 Å². The Balaban J connectivity index is 1.20. The first-order valence-corrected chi connectivity index (χ1v) is 16.4. The lowest BCUT2D eigenvalue weighted by Crippen LogP contribution is -2.47. The predicted octanol–water partition coefficient (Wildman–Crippen LogP) is 5.21. The third-order valence-electron chi connectivity index (χ3n) is 8.68. The van der Waals surface area contributed by atoms with Gasteiger partial charge in [-0.3, -0.25) is 4.90 Å². The number of aromatic nitrogens is 4. The zero-order valence-corrected chi connectivity index (χ0v) is 24.8. The molecule has 0 radical (unpaired) electrons. The van der Waals surface area contributed by atoms with Crippen LogP contribution in [-0.4, -0.2) is 75.1 Å². The molecule has 0 atom stereocenters. The van der Waals surface area contributed by atoms with E-state index < -0.39 is 21.8 Å². The number of alkyl halides is 3. The van der Waals surface area contributed by atoms with Crippen molar-refractivity contribution in [2.24, 2.45) is 5.92 Å². The zero-order chi connectivity index (χ0) is 29.6. The summed E-state index contributed by atoms with van der Waals surface area (Å²) in [5, 5.41) is 3.55. The van der Waals surface area contributed by atoms with Gasteiger partial charge >= 0.3 is 6.18 Å². The van der Waals surface area contributed by atoms with E-state index in [4.69, 9.17) is 11.6 Å². The standard InChI is InChI=1S/C28H33ClF3N7O2S/c1-42(40,41)39-10-8-20(9-11-39)35-27-33-13-22(28(30,31)32)26(36-27)24-16-38(17-34-24)25-7-4-19(12-23(25)29)15-37-14-18-2-5-21(37)6-3-18/h4,7,12-13,16-18,20-21H,2-3,5-6,8-11,14-15H2,1H3,(H,33,35,36). The summed E-state index contributed by atoms with van der Waals surface area (Å²) in [4.78, 5) is 14.9. The van der Waals surface area contributed by atoms with Crippen LogP contribution in [0.2, 0.25) is 5.02 Å². The normalized spacial score (nSPS) is 22.5. The van der Waals surface area contributed by atoms with Crippen LogP contribution in [0.25, 0.3) is 17.1 Å². The van der Waals surface area contributed by atoms with Crippen LogP contribution >= 0.6 is 11.6 Å². The van der Waals surface area contributed by atoms with Crippen molar-refractivity contribution in [2.75, 3.05) is 31.2 Å². The molecule has 2 aromatic heterocycles. The summed E-state index contributed by atoms with van der Waals surface area (Å²) in [6, 6.07) is 6.24. The van der Waals surface area contributed by atoms with Crippen molar-refractivity contribution in [2.45, 2.75) is 63.3 Å². The SMILES string of the molecule is CS(=O)(=O)N1CCC(Nc2ncc(C(F)(F)F)c(-c3cn(-c4ccc(CN5CC6CCC5CC6)cc4Cl)cn3)n2)CC1. The van der Waals surface area contributed by atoms with Crippen LogP contribution in [0.1, 0.15) is 49.7 Å². The highest BCUT2D eigenvalue weighted by Crippen LogP contribution is 2.38. The van der Waals surface area contributed by atoms with Crippen molar-refractivity contribution in [3.63, 3.8) is 0 Å². The van der Waals surface area contributed by atoms with Gasteiger partial charge in [-0.2, -0.15) is 13.2 Å². The molecule has 1 saturated carbocycles. The molecule has 3 aromatic rings. The summed E-state index contributed by atoms with van der Waals surface area (Å²) < 4.78 is 68.4. The third kappa shape index (κ3) is 6.29. The monoisotopic (exact) mass is 623 g/mol. The number of rotatable bonds is 7. The van der Waals surface area contributed by atoms with Crippen LogP contribution in [0, 0.1) is 5.92 Å². The van der Waals surface area contributed by atoms with Crippen molar-refractivity contribution in [1.82, 2.24) is 28.7 Å². The molecule has 0 spiro atoms. The van der Waals surface area contributed by atoms with Crippen LogP contribution < -0.4 is 5.32 Å². The van der Waals surface area contributed by atoms with E-state index >= 15 is 0 Å². The lowest BCUT2D eigenvalue weighted by atomic mass is 9.80. The van der Waals surface area contributed by atoms with E-state index in [1.807, 2.05) is 18.2 Å². The predicted molar refractivity (Wildman–Crippen MR) is 154 cm³/mol. The van der Waals surface area contributed by atoms with Crippen molar-refractivity contribution in [3.8, 4) is 17.1 Å². The molecule has 0 unspecified atom stereocenters. The molecule has 1 aromatic carbocycles. The fraction of sp³-hybridized carbons (Fsp3) is 0.536. The number of imidazole rings is 1. The Morgan fingerprint density at radius 2 is 1.81 bits per heavy atom. The fourth-order valence-corrected chi connectivity index (χ4v) is 7.58. The summed E-state index contributed by atoms with van der Waals surface area (Å²) in [5.74, 6) is 0.806. The Hall–Kier alpha value is -2.74. The number of piperidine rings is 3. The Bertz CT molecular complexity index is 1550. The average molecular weight is 624 g/mol. The number of hydrogen-bond acceptors (Lipinski definition) is 7. The van der Waals surface area contributed by atoms with Crippen molar-refractivity contribution < 1.29 is 21.6 Å². The highest BCUT2D eigenvalue weighted by Gasteiger charge is 2.37. The molecule has 1 N–H and O–H groups in total. The second-order valence-electron chi connectivity index (χ2n) is 11.6. The molecule has 42 heavy (non-hydrogen) atoms. The van der Waals surface area contributed by atoms with E-state index in [0.29, 0.717) is 42.7 Å². The van der Waals surface area contributed by atoms with Gasteiger partial charge in [0.1, 0.15) is 23.3 Å². The van der Waals surface area contributed by atoms with Crippen molar-refractivity contribution >= 4 is 27.6 Å². The van der Waals surface area contributed by atoms with E-state index in [9.17, 15) is 21.6 Å². The van der Waals surface area contributed by atoms with E-state index in [1.165, 1.54) is 42.5 Å². The second kappa shape index (κ2) is 11.4. The van der Waals surface area contributed by atoms with Gasteiger partial charge < -0.3 is 9.88 Å². The molecule has 1 aliphatic carbocycles. The Morgan fingerprint density at radius 1 is 1.07 bits per heavy atom. The number of fused-ring (bicyclic) bond motifs is 3. The molecule has 7 rings (SSSR count). The van der Waals surface area contributed by atoms with Crippen LogP contribution in [0.3, 0.4) is 0 Å². The minimum Gasteiger partial charge on any atom is -0.351 e. The summed E-state index contributed by atoms with van der Waals surface area (Å²) in [6.07, 6.45) is 6.22. The highest BCUT2D eigenvalue weighted by molar-refractivity contribution is 7.88. The minimum atomic E-state index is -4.69. The van der Waals surface area contributed by atoms with Gasteiger partial charge in [0.25, 0.3) is 0 Å². The molecule has 0 amide bonds. The van der Waals surface area contributed by atoms with E-state index in [2.05, 4.69) is 25.2 Å². The summed E-state index contributed by atoms with van der Waals surface area (Å²) >= 11 is 6.67. The zero-order valence-electron chi connectivity index (χ0n) is 23.2. The van der Waals surface area contributed by atoms with Gasteiger partial charge in [0.15, 0.2) is 0 Å². The lowest BCUT2D eigenvalue weighted by molar-refractivity contribution is -0.137. The van der Waals surface area contributed by atoms with E-state index in [0.717, 1.165) is 37.0 Å². The molecule has 3 aliphatic heterocycles. The fourth-order valence-electron chi connectivity index (χ4n) is 6.40. The number of sulfonamides is 1. The van der Waals surface area contributed by atoms with Crippen LogP contribution in [0.5, 0.6) is 0 Å². The minimum absolute atomic E-state index is 0.0270. The molecule has 226 valence electrons. The van der Waals surface area contributed by atoms with Crippen LogP contribution in [0.15, 0.2) is 36.9 Å². The van der Waals surface area contributed by atoms with Gasteiger partial charge in [0, 0.05) is 50.7 Å².